The molecule has 0 aliphatic rings. The van der Waals surface area contributed by atoms with Crippen LogP contribution in [0.2, 0.25) is 0 Å². The Morgan fingerprint density at radius 1 is 1.44 bits per heavy atom. The van der Waals surface area contributed by atoms with Gasteiger partial charge in [0.1, 0.15) is 0 Å². The molecule has 0 spiro atoms. The van der Waals surface area contributed by atoms with Crippen LogP contribution in [-0.4, -0.2) is 25.2 Å². The number of carboxylic acids is 1. The van der Waals surface area contributed by atoms with Gasteiger partial charge in [0.25, 0.3) is 0 Å². The Morgan fingerprint density at radius 3 is 2.67 bits per heavy atom. The van der Waals surface area contributed by atoms with Crippen molar-refractivity contribution in [3.63, 3.8) is 0 Å². The van der Waals surface area contributed by atoms with E-state index < -0.39 is 15.8 Å². The van der Waals surface area contributed by atoms with E-state index >= 15 is 0 Å². The smallest absolute Gasteiger partial charge is 0.336 e. The molecule has 0 radical (unpaired) electrons. The fraction of sp³-hybridized carbons (Fsp3) is 0.250. The molecule has 1 aromatic carbocycles. The monoisotopic (exact) mass is 330 g/mol. The van der Waals surface area contributed by atoms with Crippen molar-refractivity contribution in [1.82, 2.24) is 0 Å². The minimum Gasteiger partial charge on any atom is -0.478 e. The molecular weight excluding hydrogens is 320 g/mol. The summed E-state index contributed by atoms with van der Waals surface area (Å²) >= 11 is 3.06. The fourth-order valence-corrected chi connectivity index (χ4v) is 3.09. The Labute approximate surface area is 114 Å². The van der Waals surface area contributed by atoms with Crippen LogP contribution < -0.4 is 0 Å². The number of benzene rings is 1. The first-order valence-corrected chi connectivity index (χ1v) is 7.52. The number of rotatable bonds is 5. The average Bonchev–Trinajstić information content (AvgIpc) is 2.29. The molecule has 0 bridgehead atoms. The molecule has 0 fully saturated rings. The normalized spacial score (nSPS) is 10.9. The van der Waals surface area contributed by atoms with E-state index in [1.807, 2.05) is 0 Å². The maximum absolute atomic E-state index is 11.9. The number of unbranched alkanes of at least 4 members (excludes halogenated alkanes) is 1. The third kappa shape index (κ3) is 3.59. The van der Waals surface area contributed by atoms with E-state index in [-0.39, 0.29) is 16.2 Å². The third-order valence-electron chi connectivity index (χ3n) is 2.26. The Balaban J connectivity index is 3.07. The van der Waals surface area contributed by atoms with Crippen LogP contribution in [0.15, 0.2) is 27.6 Å². The number of hydrogen-bond acceptors (Lipinski definition) is 3. The molecule has 0 saturated carbocycles. The van der Waals surface area contributed by atoms with Gasteiger partial charge in [-0.25, -0.2) is 13.2 Å². The third-order valence-corrected chi connectivity index (χ3v) is 4.75. The highest BCUT2D eigenvalue weighted by Gasteiger charge is 2.17. The quantitative estimate of drug-likeness (QED) is 0.664. The van der Waals surface area contributed by atoms with Gasteiger partial charge in [0, 0.05) is 10.9 Å². The molecule has 0 atom stereocenters. The van der Waals surface area contributed by atoms with Crippen LogP contribution >= 0.6 is 15.9 Å². The minimum absolute atomic E-state index is 0.000112. The van der Waals surface area contributed by atoms with E-state index in [2.05, 4.69) is 21.9 Å². The average molecular weight is 331 g/mol. The molecule has 1 N–H and O–H groups in total. The van der Waals surface area contributed by atoms with E-state index in [0.29, 0.717) is 17.3 Å². The van der Waals surface area contributed by atoms with Gasteiger partial charge in [-0.1, -0.05) is 0 Å². The Bertz CT molecular complexity index is 599. The first-order chi connectivity index (χ1) is 8.38. The van der Waals surface area contributed by atoms with E-state index in [1.165, 1.54) is 12.1 Å². The fourth-order valence-electron chi connectivity index (χ4n) is 1.34. The van der Waals surface area contributed by atoms with Crippen molar-refractivity contribution in [2.75, 3.05) is 5.75 Å². The first-order valence-electron chi connectivity index (χ1n) is 5.07. The Morgan fingerprint density at radius 2 is 2.11 bits per heavy atom. The van der Waals surface area contributed by atoms with E-state index in [0.717, 1.165) is 6.07 Å². The molecule has 0 unspecified atom stereocenters. The van der Waals surface area contributed by atoms with Gasteiger partial charge < -0.3 is 5.11 Å². The second kappa shape index (κ2) is 6.03. The maximum atomic E-state index is 11.9. The standard InChI is InChI=1S/C12H11BrO4S/c1-2-3-4-7-18(16,17)9-5-6-11(13)10(8-9)12(14)15/h1,5-6,8H,3-4,7H2,(H,14,15). The Kier molecular flexibility index (Phi) is 4.93. The summed E-state index contributed by atoms with van der Waals surface area (Å²) in [5.41, 5.74) is -0.0759. The molecule has 0 aromatic heterocycles. The zero-order valence-corrected chi connectivity index (χ0v) is 11.8. The summed E-state index contributed by atoms with van der Waals surface area (Å²) in [5, 5.41) is 8.92. The summed E-state index contributed by atoms with van der Waals surface area (Å²) in [5.74, 6) is 1.10. The summed E-state index contributed by atoms with van der Waals surface area (Å²) in [6.07, 6.45) is 5.79. The molecule has 18 heavy (non-hydrogen) atoms. The van der Waals surface area contributed by atoms with Gasteiger partial charge in [-0.05, 0) is 40.5 Å². The molecule has 4 nitrogen and oxygen atoms in total. The molecule has 1 aromatic rings. The van der Waals surface area contributed by atoms with Crippen molar-refractivity contribution in [3.05, 3.63) is 28.2 Å². The highest BCUT2D eigenvalue weighted by molar-refractivity contribution is 9.10. The van der Waals surface area contributed by atoms with E-state index in [1.54, 1.807) is 0 Å². The van der Waals surface area contributed by atoms with Crippen molar-refractivity contribution in [2.24, 2.45) is 0 Å². The number of carboxylic acid groups (broad SMARTS) is 1. The molecule has 96 valence electrons. The lowest BCUT2D eigenvalue weighted by molar-refractivity contribution is 0.0695. The van der Waals surface area contributed by atoms with Crippen molar-refractivity contribution in [1.29, 1.82) is 0 Å². The lowest BCUT2D eigenvalue weighted by Crippen LogP contribution is -2.08. The van der Waals surface area contributed by atoms with Crippen LogP contribution in [0.4, 0.5) is 0 Å². The van der Waals surface area contributed by atoms with E-state index in [9.17, 15) is 13.2 Å². The molecule has 1 rings (SSSR count). The zero-order chi connectivity index (χ0) is 13.8. The highest BCUT2D eigenvalue weighted by atomic mass is 79.9. The van der Waals surface area contributed by atoms with Crippen LogP contribution in [0.5, 0.6) is 0 Å². The minimum atomic E-state index is -3.49. The first kappa shape index (κ1) is 14.7. The predicted octanol–water partition coefficient (Wildman–Crippen LogP) is 2.33. The summed E-state index contributed by atoms with van der Waals surface area (Å²) in [7, 11) is -3.49. The molecular formula is C12H11BrO4S. The summed E-state index contributed by atoms with van der Waals surface area (Å²) in [4.78, 5) is 10.9. The van der Waals surface area contributed by atoms with Gasteiger partial charge in [0.15, 0.2) is 9.84 Å². The molecule has 0 aliphatic heterocycles. The molecule has 6 heteroatoms. The highest BCUT2D eigenvalue weighted by Crippen LogP contribution is 2.22. The van der Waals surface area contributed by atoms with Crippen LogP contribution in [0.1, 0.15) is 23.2 Å². The van der Waals surface area contributed by atoms with Gasteiger partial charge in [0.2, 0.25) is 0 Å². The van der Waals surface area contributed by atoms with Crippen molar-refractivity contribution >= 4 is 31.7 Å². The van der Waals surface area contributed by atoms with Crippen LogP contribution in [0.3, 0.4) is 0 Å². The number of carbonyl (C=O) groups is 1. The van der Waals surface area contributed by atoms with Crippen molar-refractivity contribution in [3.8, 4) is 12.3 Å². The molecule has 0 aliphatic carbocycles. The maximum Gasteiger partial charge on any atom is 0.336 e. The topological polar surface area (TPSA) is 71.4 Å². The van der Waals surface area contributed by atoms with Crippen LogP contribution in [-0.2, 0) is 9.84 Å². The summed E-state index contributed by atoms with van der Waals surface area (Å²) in [6, 6.07) is 3.94. The summed E-state index contributed by atoms with van der Waals surface area (Å²) in [6.45, 7) is 0. The number of terminal acetylenes is 1. The van der Waals surface area contributed by atoms with Gasteiger partial charge in [-0.15, -0.1) is 12.3 Å². The predicted molar refractivity (Wildman–Crippen MR) is 71.2 cm³/mol. The zero-order valence-electron chi connectivity index (χ0n) is 9.39. The lowest BCUT2D eigenvalue weighted by Gasteiger charge is -2.05. The van der Waals surface area contributed by atoms with Crippen molar-refractivity contribution < 1.29 is 18.3 Å². The number of sulfone groups is 1. The van der Waals surface area contributed by atoms with Crippen LogP contribution in [0.25, 0.3) is 0 Å². The number of aromatic carboxylic acids is 1. The van der Waals surface area contributed by atoms with Gasteiger partial charge in [0.05, 0.1) is 16.2 Å². The van der Waals surface area contributed by atoms with E-state index in [4.69, 9.17) is 11.5 Å². The second-order valence-electron chi connectivity index (χ2n) is 3.57. The summed E-state index contributed by atoms with van der Waals surface area (Å²) < 4.78 is 24.2. The van der Waals surface area contributed by atoms with Gasteiger partial charge in [-0.2, -0.15) is 0 Å². The van der Waals surface area contributed by atoms with Crippen molar-refractivity contribution in [2.45, 2.75) is 17.7 Å². The van der Waals surface area contributed by atoms with Gasteiger partial charge >= 0.3 is 5.97 Å². The number of hydrogen-bond donors (Lipinski definition) is 1. The molecule has 0 amide bonds. The Hall–Kier alpha value is -1.32. The largest absolute Gasteiger partial charge is 0.478 e. The molecule has 0 heterocycles. The lowest BCUT2D eigenvalue weighted by atomic mass is 10.2. The second-order valence-corrected chi connectivity index (χ2v) is 6.54. The SMILES string of the molecule is C#CCCCS(=O)(=O)c1ccc(Br)c(C(=O)O)c1. The number of halogens is 1. The van der Waals surface area contributed by atoms with Gasteiger partial charge in [-0.3, -0.25) is 0 Å². The molecule has 0 saturated heterocycles. The van der Waals surface area contributed by atoms with Crippen LogP contribution in [0, 0.1) is 12.3 Å².